The Kier molecular flexibility index (Phi) is 7.83. The zero-order valence-electron chi connectivity index (χ0n) is 24.7. The third kappa shape index (κ3) is 5.33. The molecule has 1 saturated heterocycles. The number of carbonyl (C=O) groups is 2. The number of aryl methyl sites for hydroxylation is 1. The molecular weight excluding hydrogens is 564 g/mol. The van der Waals surface area contributed by atoms with Crippen molar-refractivity contribution in [3.05, 3.63) is 82.4 Å². The summed E-state index contributed by atoms with van der Waals surface area (Å²) in [6.07, 6.45) is 2.61. The first-order valence-corrected chi connectivity index (χ1v) is 15.5. The summed E-state index contributed by atoms with van der Waals surface area (Å²) in [6.45, 7) is 8.90. The van der Waals surface area contributed by atoms with E-state index in [4.69, 9.17) is 19.2 Å². The van der Waals surface area contributed by atoms with Gasteiger partial charge in [0.1, 0.15) is 17.6 Å². The fourth-order valence-electron chi connectivity index (χ4n) is 5.60. The number of ether oxygens (including phenoxy) is 3. The number of anilines is 1. The van der Waals surface area contributed by atoms with Crippen molar-refractivity contribution in [1.82, 2.24) is 4.98 Å². The lowest BCUT2D eigenvalue weighted by molar-refractivity contribution is -0.132. The zero-order valence-corrected chi connectivity index (χ0v) is 25.5. The van der Waals surface area contributed by atoms with Crippen molar-refractivity contribution in [3.8, 4) is 17.2 Å². The van der Waals surface area contributed by atoms with Gasteiger partial charge in [0.15, 0.2) is 16.6 Å². The Balaban J connectivity index is 1.51. The van der Waals surface area contributed by atoms with Gasteiger partial charge in [0.25, 0.3) is 5.78 Å². The number of amides is 1. The molecule has 1 fully saturated rings. The quantitative estimate of drug-likeness (QED) is 0.0947. The number of thiazole rings is 1. The molecule has 8 nitrogen and oxygen atoms in total. The molecule has 2 aliphatic rings. The number of unbranched alkanes of at least 4 members (excludes halogenated alkanes) is 1. The molecule has 0 unspecified atom stereocenters. The van der Waals surface area contributed by atoms with Crippen molar-refractivity contribution in [3.63, 3.8) is 0 Å². The molecule has 6 rings (SSSR count). The van der Waals surface area contributed by atoms with Crippen LogP contribution in [0.3, 0.4) is 0 Å². The summed E-state index contributed by atoms with van der Waals surface area (Å²) in [7, 11) is 0. The van der Waals surface area contributed by atoms with Crippen molar-refractivity contribution >= 4 is 44.1 Å². The summed E-state index contributed by atoms with van der Waals surface area (Å²) in [5.74, 6) is 0.0766. The molecule has 3 heterocycles. The molecular formula is C34H34N2O6S. The fourth-order valence-corrected chi connectivity index (χ4v) is 6.69. The molecule has 0 bridgehead atoms. The molecule has 1 amide bonds. The fraction of sp³-hybridized carbons (Fsp3) is 0.324. The molecule has 0 spiro atoms. The molecule has 2 atom stereocenters. The van der Waals surface area contributed by atoms with E-state index in [-0.39, 0.29) is 17.4 Å². The number of hydrogen-bond donors (Lipinski definition) is 1. The number of Topliss-reactive ketones (excluding diaryl/α,β-unsaturated/α-hetero) is 1. The van der Waals surface area contributed by atoms with Gasteiger partial charge in [0.2, 0.25) is 0 Å². The minimum Gasteiger partial charge on any atom is -0.507 e. The van der Waals surface area contributed by atoms with Gasteiger partial charge in [0, 0.05) is 12.0 Å². The van der Waals surface area contributed by atoms with Gasteiger partial charge in [-0.05, 0) is 86.3 Å². The number of rotatable bonds is 9. The van der Waals surface area contributed by atoms with Gasteiger partial charge >= 0.3 is 5.91 Å². The standard InChI is InChI=1S/C34H34N2O6S/c1-5-7-14-41-26-13-9-21(18-27(26)40-6-2)30-29(31(37)22-10-12-25-23(17-22)16-20(4)42-25)32(38)33(39)36(30)34-35-24-11-8-19(3)15-28(24)43-34/h8-13,15,17-18,20,30,37H,5-7,14,16H2,1-4H3/t20-,30+/m0/s1. The van der Waals surface area contributed by atoms with Crippen LogP contribution in [-0.4, -0.2) is 41.1 Å². The maximum absolute atomic E-state index is 13.8. The van der Waals surface area contributed by atoms with E-state index in [1.165, 1.54) is 16.2 Å². The van der Waals surface area contributed by atoms with Crippen molar-refractivity contribution in [1.29, 1.82) is 0 Å². The highest BCUT2D eigenvalue weighted by molar-refractivity contribution is 7.22. The lowest BCUT2D eigenvalue weighted by Gasteiger charge is -2.24. The second-order valence-corrected chi connectivity index (χ2v) is 11.9. The average molecular weight is 599 g/mol. The van der Waals surface area contributed by atoms with Gasteiger partial charge in [-0.1, -0.05) is 36.8 Å². The number of hydrogen-bond acceptors (Lipinski definition) is 8. The summed E-state index contributed by atoms with van der Waals surface area (Å²) in [5.41, 5.74) is 3.78. The largest absolute Gasteiger partial charge is 0.507 e. The highest BCUT2D eigenvalue weighted by atomic mass is 32.1. The van der Waals surface area contributed by atoms with Crippen LogP contribution in [0.5, 0.6) is 17.2 Å². The minimum atomic E-state index is -0.936. The van der Waals surface area contributed by atoms with E-state index in [1.54, 1.807) is 24.3 Å². The number of aliphatic hydroxyl groups is 1. The topological polar surface area (TPSA) is 98.2 Å². The second-order valence-electron chi connectivity index (χ2n) is 10.9. The average Bonchev–Trinajstić information content (AvgIpc) is 3.65. The summed E-state index contributed by atoms with van der Waals surface area (Å²) in [4.78, 5) is 33.7. The number of fused-ring (bicyclic) bond motifs is 2. The van der Waals surface area contributed by atoms with Gasteiger partial charge in [-0.3, -0.25) is 14.5 Å². The van der Waals surface area contributed by atoms with E-state index in [9.17, 15) is 14.7 Å². The summed E-state index contributed by atoms with van der Waals surface area (Å²) in [6, 6.07) is 15.7. The Morgan fingerprint density at radius 2 is 1.91 bits per heavy atom. The predicted molar refractivity (Wildman–Crippen MR) is 167 cm³/mol. The summed E-state index contributed by atoms with van der Waals surface area (Å²) >= 11 is 1.34. The number of aromatic nitrogens is 1. The Morgan fingerprint density at radius 3 is 2.70 bits per heavy atom. The van der Waals surface area contributed by atoms with Crippen LogP contribution in [0.4, 0.5) is 5.13 Å². The summed E-state index contributed by atoms with van der Waals surface area (Å²) < 4.78 is 18.7. The maximum atomic E-state index is 13.8. The van der Waals surface area contributed by atoms with Crippen LogP contribution in [0.15, 0.2) is 60.2 Å². The molecule has 43 heavy (non-hydrogen) atoms. The van der Waals surface area contributed by atoms with E-state index in [2.05, 4.69) is 6.92 Å². The van der Waals surface area contributed by atoms with Crippen molar-refractivity contribution in [2.45, 2.75) is 59.1 Å². The highest BCUT2D eigenvalue weighted by Crippen LogP contribution is 2.46. The van der Waals surface area contributed by atoms with Gasteiger partial charge in [-0.2, -0.15) is 0 Å². The minimum absolute atomic E-state index is 0.00514. The smallest absolute Gasteiger partial charge is 0.301 e. The number of ketones is 1. The normalized spacial score (nSPS) is 19.1. The number of carbonyl (C=O) groups excluding carboxylic acids is 2. The molecule has 1 aromatic heterocycles. The van der Waals surface area contributed by atoms with Gasteiger partial charge < -0.3 is 19.3 Å². The number of nitrogens with zero attached hydrogens (tertiary/aromatic N) is 2. The van der Waals surface area contributed by atoms with Crippen LogP contribution >= 0.6 is 11.3 Å². The molecule has 4 aromatic rings. The first-order chi connectivity index (χ1) is 20.8. The van der Waals surface area contributed by atoms with E-state index in [1.807, 2.05) is 51.1 Å². The van der Waals surface area contributed by atoms with Crippen molar-refractivity contribution in [2.24, 2.45) is 0 Å². The molecule has 0 aliphatic carbocycles. The SMILES string of the molecule is CCCCOc1ccc([C@@H]2C(=C(O)c3ccc4c(c3)C[C@H](C)O4)C(=O)C(=O)N2c2nc3ccc(C)cc3s2)cc1OCC. The van der Waals surface area contributed by atoms with Crippen LogP contribution in [0, 0.1) is 6.92 Å². The lowest BCUT2D eigenvalue weighted by Crippen LogP contribution is -2.29. The van der Waals surface area contributed by atoms with Crippen molar-refractivity contribution in [2.75, 3.05) is 18.1 Å². The van der Waals surface area contributed by atoms with Gasteiger partial charge in [0.05, 0.1) is 35.0 Å². The molecule has 0 saturated carbocycles. The Morgan fingerprint density at radius 1 is 1.07 bits per heavy atom. The second kappa shape index (κ2) is 11.7. The number of benzene rings is 3. The Bertz CT molecular complexity index is 1760. The Hall–Kier alpha value is -4.37. The van der Waals surface area contributed by atoms with Gasteiger partial charge in [-0.15, -0.1) is 0 Å². The maximum Gasteiger partial charge on any atom is 0.301 e. The molecule has 2 aliphatic heterocycles. The third-order valence-electron chi connectivity index (χ3n) is 7.69. The van der Waals surface area contributed by atoms with Crippen LogP contribution in [0.2, 0.25) is 0 Å². The summed E-state index contributed by atoms with van der Waals surface area (Å²) in [5, 5.41) is 12.1. The number of aliphatic hydroxyl groups excluding tert-OH is 1. The lowest BCUT2D eigenvalue weighted by atomic mass is 9.94. The molecule has 0 radical (unpaired) electrons. The molecule has 222 valence electrons. The van der Waals surface area contributed by atoms with Crippen LogP contribution in [0.1, 0.15) is 61.9 Å². The van der Waals surface area contributed by atoms with Crippen LogP contribution in [0.25, 0.3) is 16.0 Å². The molecule has 9 heteroatoms. The molecule has 1 N–H and O–H groups in total. The highest BCUT2D eigenvalue weighted by Gasteiger charge is 2.48. The van der Waals surface area contributed by atoms with Crippen molar-refractivity contribution < 1.29 is 28.9 Å². The monoisotopic (exact) mass is 598 g/mol. The predicted octanol–water partition coefficient (Wildman–Crippen LogP) is 7.13. The first-order valence-electron chi connectivity index (χ1n) is 14.7. The molecule has 3 aromatic carbocycles. The van der Waals surface area contributed by atoms with E-state index in [0.717, 1.165) is 39.9 Å². The van der Waals surface area contributed by atoms with E-state index < -0.39 is 17.7 Å². The Labute approximate surface area is 254 Å². The third-order valence-corrected chi connectivity index (χ3v) is 8.71. The van der Waals surface area contributed by atoms with Crippen LogP contribution < -0.4 is 19.1 Å². The van der Waals surface area contributed by atoms with Crippen LogP contribution in [-0.2, 0) is 16.0 Å². The van der Waals surface area contributed by atoms with E-state index >= 15 is 0 Å². The van der Waals surface area contributed by atoms with E-state index in [0.29, 0.717) is 47.4 Å². The first kappa shape index (κ1) is 28.7. The zero-order chi connectivity index (χ0) is 30.2. The van der Waals surface area contributed by atoms with Gasteiger partial charge in [-0.25, -0.2) is 4.98 Å².